The van der Waals surface area contributed by atoms with Gasteiger partial charge in [-0.2, -0.15) is 18.3 Å². The first-order valence-corrected chi connectivity index (χ1v) is 7.43. The average Bonchev–Trinajstić information content (AvgIpc) is 3.06. The number of hydrazine groups is 1. The van der Waals surface area contributed by atoms with Crippen molar-refractivity contribution in [2.75, 3.05) is 5.75 Å². The summed E-state index contributed by atoms with van der Waals surface area (Å²) in [6.07, 6.45) is -4.51. The van der Waals surface area contributed by atoms with Gasteiger partial charge in [0.05, 0.1) is 5.75 Å². The first-order valence-electron chi connectivity index (χ1n) is 6.45. The van der Waals surface area contributed by atoms with Gasteiger partial charge in [0, 0.05) is 13.6 Å². The second kappa shape index (κ2) is 6.58. The Morgan fingerprint density at radius 2 is 2.13 bits per heavy atom. The molecule has 2 heterocycles. The average molecular weight is 349 g/mol. The minimum atomic E-state index is -4.51. The Bertz CT molecular complexity index is 709. The molecule has 12 heteroatoms. The van der Waals surface area contributed by atoms with Crippen molar-refractivity contribution >= 4 is 17.7 Å². The van der Waals surface area contributed by atoms with E-state index in [-0.39, 0.29) is 17.3 Å². The van der Waals surface area contributed by atoms with Crippen LogP contribution in [0.15, 0.2) is 11.2 Å². The number of nitrogens with two attached hydrogens (primary N) is 1. The highest BCUT2D eigenvalue weighted by Gasteiger charge is 2.35. The molecule has 0 saturated heterocycles. The van der Waals surface area contributed by atoms with E-state index >= 15 is 0 Å². The van der Waals surface area contributed by atoms with Crippen LogP contribution in [0, 0.1) is 0 Å². The third kappa shape index (κ3) is 3.64. The Labute approximate surface area is 133 Å². The highest BCUT2D eigenvalue weighted by molar-refractivity contribution is 7.99. The van der Waals surface area contributed by atoms with E-state index in [0.717, 1.165) is 22.5 Å². The zero-order valence-corrected chi connectivity index (χ0v) is 13.1. The summed E-state index contributed by atoms with van der Waals surface area (Å²) < 4.78 is 40.9. The molecule has 0 aliphatic heterocycles. The molecule has 0 radical (unpaired) electrons. The van der Waals surface area contributed by atoms with Crippen LogP contribution in [0.4, 0.5) is 13.2 Å². The normalized spacial score (nSPS) is 11.7. The van der Waals surface area contributed by atoms with Crippen molar-refractivity contribution in [1.82, 2.24) is 30.0 Å². The van der Waals surface area contributed by atoms with E-state index in [2.05, 4.69) is 15.3 Å². The van der Waals surface area contributed by atoms with E-state index in [1.54, 1.807) is 11.5 Å². The van der Waals surface area contributed by atoms with Crippen molar-refractivity contribution in [3.05, 3.63) is 11.8 Å². The number of alkyl halides is 3. The highest BCUT2D eigenvalue weighted by Crippen LogP contribution is 2.32. The molecule has 0 aliphatic rings. The fourth-order valence-electron chi connectivity index (χ4n) is 1.88. The second-order valence-corrected chi connectivity index (χ2v) is 5.39. The number of halogens is 3. The zero-order valence-electron chi connectivity index (χ0n) is 12.3. The van der Waals surface area contributed by atoms with Crippen LogP contribution in [-0.2, 0) is 24.6 Å². The molecule has 2 aromatic heterocycles. The molecule has 126 valence electrons. The first-order chi connectivity index (χ1) is 10.8. The minimum absolute atomic E-state index is 0.0185. The Balaban J connectivity index is 2.34. The van der Waals surface area contributed by atoms with Gasteiger partial charge in [-0.1, -0.05) is 11.8 Å². The van der Waals surface area contributed by atoms with Crippen LogP contribution < -0.4 is 11.3 Å². The number of nitrogens with one attached hydrogen (secondary N) is 1. The second-order valence-electron chi connectivity index (χ2n) is 4.44. The molecule has 0 aromatic carbocycles. The first kappa shape index (κ1) is 17.3. The van der Waals surface area contributed by atoms with Crippen molar-refractivity contribution in [2.24, 2.45) is 12.9 Å². The number of carbonyl (C=O) groups excluding carboxylic acids is 1. The van der Waals surface area contributed by atoms with E-state index in [1.807, 2.05) is 5.43 Å². The number of rotatable bonds is 5. The van der Waals surface area contributed by atoms with Crippen LogP contribution in [0.5, 0.6) is 0 Å². The summed E-state index contributed by atoms with van der Waals surface area (Å²) in [5.41, 5.74) is 1.16. The van der Waals surface area contributed by atoms with Gasteiger partial charge >= 0.3 is 6.18 Å². The fourth-order valence-corrected chi connectivity index (χ4v) is 2.70. The van der Waals surface area contributed by atoms with E-state index < -0.39 is 17.8 Å². The number of aryl methyl sites for hydroxylation is 1. The largest absolute Gasteiger partial charge is 0.433 e. The predicted octanol–water partition coefficient (Wildman–Crippen LogP) is 0.799. The molecule has 0 atom stereocenters. The Kier molecular flexibility index (Phi) is 4.94. The van der Waals surface area contributed by atoms with Gasteiger partial charge < -0.3 is 4.57 Å². The maximum atomic E-state index is 12.8. The van der Waals surface area contributed by atoms with Gasteiger partial charge in [-0.25, -0.2) is 5.84 Å². The smallest absolute Gasteiger partial charge is 0.301 e. The molecule has 2 aromatic rings. The van der Waals surface area contributed by atoms with Crippen LogP contribution in [0.1, 0.15) is 12.6 Å². The van der Waals surface area contributed by atoms with E-state index in [9.17, 15) is 18.0 Å². The molecule has 8 nitrogen and oxygen atoms in total. The maximum Gasteiger partial charge on any atom is 0.433 e. The molecule has 3 N–H and O–H groups in total. The summed E-state index contributed by atoms with van der Waals surface area (Å²) in [7, 11) is 1.21. The summed E-state index contributed by atoms with van der Waals surface area (Å²) >= 11 is 1.08. The van der Waals surface area contributed by atoms with Crippen molar-refractivity contribution in [3.63, 3.8) is 0 Å². The fraction of sp³-hybridized carbons (Fsp3) is 0.455. The number of carbonyl (C=O) groups is 1. The summed E-state index contributed by atoms with van der Waals surface area (Å²) in [4.78, 5) is 11.2. The molecule has 23 heavy (non-hydrogen) atoms. The van der Waals surface area contributed by atoms with Gasteiger partial charge in [0.1, 0.15) is 11.4 Å². The highest BCUT2D eigenvalue weighted by atomic mass is 32.2. The molecule has 2 rings (SSSR count). The predicted molar refractivity (Wildman–Crippen MR) is 76.0 cm³/mol. The lowest BCUT2D eigenvalue weighted by atomic mass is 10.3. The van der Waals surface area contributed by atoms with Crippen LogP contribution in [-0.4, -0.2) is 36.2 Å². The van der Waals surface area contributed by atoms with Gasteiger partial charge in [-0.3, -0.25) is 14.9 Å². The minimum Gasteiger partial charge on any atom is -0.301 e. The van der Waals surface area contributed by atoms with Crippen molar-refractivity contribution in [3.8, 4) is 11.5 Å². The molecule has 0 unspecified atom stereocenters. The van der Waals surface area contributed by atoms with E-state index in [0.29, 0.717) is 11.7 Å². The number of thioether (sulfide) groups is 1. The molecule has 0 bridgehead atoms. The number of aromatic nitrogens is 5. The molecule has 0 spiro atoms. The summed E-state index contributed by atoms with van der Waals surface area (Å²) in [5, 5.41) is 12.0. The molecule has 0 fully saturated rings. The third-order valence-corrected chi connectivity index (χ3v) is 3.89. The summed E-state index contributed by atoms with van der Waals surface area (Å²) in [5.74, 6) is 4.81. The summed E-state index contributed by atoms with van der Waals surface area (Å²) in [6.45, 7) is 2.19. The van der Waals surface area contributed by atoms with Crippen molar-refractivity contribution in [2.45, 2.75) is 24.8 Å². The van der Waals surface area contributed by atoms with Crippen molar-refractivity contribution < 1.29 is 18.0 Å². The number of nitrogens with zero attached hydrogens (tertiary/aromatic N) is 5. The van der Waals surface area contributed by atoms with Gasteiger partial charge in [0.15, 0.2) is 11.0 Å². The lowest BCUT2D eigenvalue weighted by Crippen LogP contribution is -2.31. The zero-order chi connectivity index (χ0) is 17.2. The number of amides is 1. The Morgan fingerprint density at radius 1 is 1.43 bits per heavy atom. The lowest BCUT2D eigenvalue weighted by Gasteiger charge is -2.05. The molecule has 1 amide bonds. The molecular formula is C11H14F3N7OS. The number of hydrogen-bond donors (Lipinski definition) is 2. The van der Waals surface area contributed by atoms with E-state index in [1.165, 1.54) is 7.05 Å². The van der Waals surface area contributed by atoms with Crippen LogP contribution in [0.3, 0.4) is 0 Å². The quantitative estimate of drug-likeness (QED) is 0.358. The monoisotopic (exact) mass is 349 g/mol. The van der Waals surface area contributed by atoms with Gasteiger partial charge in [-0.05, 0) is 13.0 Å². The molecule has 0 aliphatic carbocycles. The lowest BCUT2D eigenvalue weighted by molar-refractivity contribution is -0.143. The topological polar surface area (TPSA) is 104 Å². The van der Waals surface area contributed by atoms with Crippen LogP contribution >= 0.6 is 11.8 Å². The molecule has 0 saturated carbocycles. The van der Waals surface area contributed by atoms with Gasteiger partial charge in [0.2, 0.25) is 5.91 Å². The SMILES string of the molecule is CCn1c(SCC(=O)NN)nnc1-c1cc(C(F)(F)F)n(C)n1. The van der Waals surface area contributed by atoms with Crippen molar-refractivity contribution in [1.29, 1.82) is 0 Å². The maximum absolute atomic E-state index is 12.8. The molecular weight excluding hydrogens is 335 g/mol. The Morgan fingerprint density at radius 3 is 2.65 bits per heavy atom. The Hall–Kier alpha value is -2.08. The van der Waals surface area contributed by atoms with Gasteiger partial charge in [0.25, 0.3) is 0 Å². The van der Waals surface area contributed by atoms with Crippen LogP contribution in [0.25, 0.3) is 11.5 Å². The third-order valence-electron chi connectivity index (χ3n) is 2.93. The summed E-state index contributed by atoms with van der Waals surface area (Å²) in [6, 6.07) is 0.914. The van der Waals surface area contributed by atoms with E-state index in [4.69, 9.17) is 5.84 Å². The van der Waals surface area contributed by atoms with Crippen LogP contribution in [0.2, 0.25) is 0 Å². The van der Waals surface area contributed by atoms with Gasteiger partial charge in [-0.15, -0.1) is 10.2 Å². The standard InChI is InChI=1S/C11H14F3N7OS/c1-3-21-9(17-18-10(21)23-5-8(22)16-15)6-4-7(11(12,13)14)20(2)19-6/h4H,3,5,15H2,1-2H3,(H,16,22). The number of hydrogen-bond acceptors (Lipinski definition) is 6.